The van der Waals surface area contributed by atoms with Crippen LogP contribution in [-0.4, -0.2) is 21.9 Å². The van der Waals surface area contributed by atoms with Crippen molar-refractivity contribution >= 4 is 29.1 Å². The molecule has 0 amide bonds. The van der Waals surface area contributed by atoms with E-state index in [2.05, 4.69) is 28.8 Å². The minimum absolute atomic E-state index is 0.202. The first-order valence-electron chi connectivity index (χ1n) is 9.16. The van der Waals surface area contributed by atoms with Crippen molar-refractivity contribution in [2.24, 2.45) is 0 Å². The molecule has 1 aromatic heterocycles. The third-order valence-electron chi connectivity index (χ3n) is 4.65. The van der Waals surface area contributed by atoms with Crippen LogP contribution in [0, 0.1) is 13.8 Å². The SMILES string of the molecule is Cc1cc(C(=O)CSCCCc2ccccc2)c(C)n1-c1ccc(Cl)cc1. The van der Waals surface area contributed by atoms with Gasteiger partial charge in [0.2, 0.25) is 0 Å². The second-order valence-corrected chi connectivity index (χ2v) is 8.20. The van der Waals surface area contributed by atoms with Crippen LogP contribution in [-0.2, 0) is 6.42 Å². The molecule has 0 radical (unpaired) electrons. The van der Waals surface area contributed by atoms with Gasteiger partial charge in [-0.1, -0.05) is 41.9 Å². The summed E-state index contributed by atoms with van der Waals surface area (Å²) in [5.41, 5.74) is 5.26. The summed E-state index contributed by atoms with van der Waals surface area (Å²) in [5.74, 6) is 1.73. The third kappa shape index (κ3) is 5.06. The van der Waals surface area contributed by atoms with Gasteiger partial charge in [0.25, 0.3) is 0 Å². The Kier molecular flexibility index (Phi) is 6.81. The molecule has 0 unspecified atom stereocenters. The van der Waals surface area contributed by atoms with Crippen LogP contribution in [0.1, 0.15) is 33.7 Å². The number of rotatable bonds is 8. The van der Waals surface area contributed by atoms with Gasteiger partial charge in [0.05, 0.1) is 5.75 Å². The molecule has 0 saturated carbocycles. The van der Waals surface area contributed by atoms with Crippen LogP contribution in [0.3, 0.4) is 0 Å². The van der Waals surface area contributed by atoms with Gasteiger partial charge in [-0.25, -0.2) is 0 Å². The largest absolute Gasteiger partial charge is 0.318 e. The lowest BCUT2D eigenvalue weighted by molar-refractivity contribution is 0.102. The van der Waals surface area contributed by atoms with Crippen LogP contribution < -0.4 is 0 Å². The molecule has 1 heterocycles. The molecule has 0 fully saturated rings. The van der Waals surface area contributed by atoms with E-state index in [0.717, 1.165) is 41.2 Å². The normalized spacial score (nSPS) is 10.9. The molecule has 0 saturated heterocycles. The highest BCUT2D eigenvalue weighted by Crippen LogP contribution is 2.23. The number of carbonyl (C=O) groups is 1. The molecular weight excluding hydrogens is 374 g/mol. The summed E-state index contributed by atoms with van der Waals surface area (Å²) >= 11 is 7.71. The van der Waals surface area contributed by atoms with E-state index in [1.165, 1.54) is 5.56 Å². The van der Waals surface area contributed by atoms with Crippen molar-refractivity contribution in [3.63, 3.8) is 0 Å². The average Bonchev–Trinajstić information content (AvgIpc) is 2.97. The van der Waals surface area contributed by atoms with Crippen molar-refractivity contribution in [2.45, 2.75) is 26.7 Å². The molecule has 0 aliphatic heterocycles. The van der Waals surface area contributed by atoms with Crippen molar-refractivity contribution in [1.29, 1.82) is 0 Å². The average molecular weight is 398 g/mol. The molecular formula is C23H24ClNOS. The maximum absolute atomic E-state index is 12.7. The Labute approximate surface area is 170 Å². The zero-order valence-corrected chi connectivity index (χ0v) is 17.3. The predicted octanol–water partition coefficient (Wildman–Crippen LogP) is 6.30. The van der Waals surface area contributed by atoms with E-state index >= 15 is 0 Å². The summed E-state index contributed by atoms with van der Waals surface area (Å²) in [5, 5.41) is 0.712. The molecule has 0 aliphatic rings. The number of aryl methyl sites for hydroxylation is 2. The molecule has 0 bridgehead atoms. The maximum Gasteiger partial charge on any atom is 0.174 e. The van der Waals surface area contributed by atoms with Gasteiger partial charge in [-0.3, -0.25) is 4.79 Å². The van der Waals surface area contributed by atoms with Crippen LogP contribution >= 0.6 is 23.4 Å². The Morgan fingerprint density at radius 2 is 1.74 bits per heavy atom. The smallest absolute Gasteiger partial charge is 0.174 e. The van der Waals surface area contributed by atoms with E-state index in [1.807, 2.05) is 50.2 Å². The van der Waals surface area contributed by atoms with Crippen LogP contribution in [0.4, 0.5) is 0 Å². The highest BCUT2D eigenvalue weighted by Gasteiger charge is 2.16. The van der Waals surface area contributed by atoms with Crippen molar-refractivity contribution in [1.82, 2.24) is 4.57 Å². The lowest BCUT2D eigenvalue weighted by Gasteiger charge is -2.10. The zero-order chi connectivity index (χ0) is 19.2. The molecule has 27 heavy (non-hydrogen) atoms. The van der Waals surface area contributed by atoms with Crippen molar-refractivity contribution in [3.8, 4) is 5.69 Å². The van der Waals surface area contributed by atoms with Gasteiger partial charge in [0, 0.05) is 27.7 Å². The lowest BCUT2D eigenvalue weighted by atomic mass is 10.1. The molecule has 3 aromatic rings. The van der Waals surface area contributed by atoms with Gasteiger partial charge < -0.3 is 4.57 Å². The molecule has 3 rings (SSSR count). The highest BCUT2D eigenvalue weighted by atomic mass is 35.5. The van der Waals surface area contributed by atoms with Gasteiger partial charge in [-0.2, -0.15) is 11.8 Å². The summed E-state index contributed by atoms with van der Waals surface area (Å²) in [6, 6.07) is 20.2. The second-order valence-electron chi connectivity index (χ2n) is 6.66. The van der Waals surface area contributed by atoms with Gasteiger partial charge in [-0.15, -0.1) is 0 Å². The van der Waals surface area contributed by atoms with Gasteiger partial charge >= 0.3 is 0 Å². The summed E-state index contributed by atoms with van der Waals surface area (Å²) in [6.07, 6.45) is 2.15. The Hall–Kier alpha value is -1.97. The molecule has 2 aromatic carbocycles. The van der Waals surface area contributed by atoms with E-state index in [-0.39, 0.29) is 5.78 Å². The molecule has 2 nitrogen and oxygen atoms in total. The number of benzene rings is 2. The zero-order valence-electron chi connectivity index (χ0n) is 15.7. The quantitative estimate of drug-likeness (QED) is 0.329. The summed E-state index contributed by atoms with van der Waals surface area (Å²) in [4.78, 5) is 12.7. The predicted molar refractivity (Wildman–Crippen MR) is 117 cm³/mol. The van der Waals surface area contributed by atoms with Crippen LogP contribution in [0.25, 0.3) is 5.69 Å². The minimum Gasteiger partial charge on any atom is -0.318 e. The fourth-order valence-electron chi connectivity index (χ4n) is 3.30. The molecule has 4 heteroatoms. The Morgan fingerprint density at radius 3 is 2.44 bits per heavy atom. The highest BCUT2D eigenvalue weighted by molar-refractivity contribution is 7.99. The van der Waals surface area contributed by atoms with Gasteiger partial charge in [-0.05, 0) is 68.3 Å². The number of ketones is 1. The monoisotopic (exact) mass is 397 g/mol. The Bertz CT molecular complexity index is 900. The van der Waals surface area contributed by atoms with E-state index in [4.69, 9.17) is 11.6 Å². The first-order valence-corrected chi connectivity index (χ1v) is 10.7. The number of halogens is 1. The Morgan fingerprint density at radius 1 is 1.04 bits per heavy atom. The number of carbonyl (C=O) groups excluding carboxylic acids is 1. The Balaban J connectivity index is 1.57. The van der Waals surface area contributed by atoms with Crippen LogP contribution in [0.15, 0.2) is 60.7 Å². The van der Waals surface area contributed by atoms with Gasteiger partial charge in [0.1, 0.15) is 0 Å². The number of nitrogens with zero attached hydrogens (tertiary/aromatic N) is 1. The van der Waals surface area contributed by atoms with Crippen molar-refractivity contribution in [2.75, 3.05) is 11.5 Å². The summed E-state index contributed by atoms with van der Waals surface area (Å²) in [7, 11) is 0. The standard InChI is InChI=1S/C23H24ClNOS/c1-17-15-22(18(2)25(17)21-12-10-20(24)11-13-21)23(26)16-27-14-6-9-19-7-4-3-5-8-19/h3-5,7-8,10-13,15H,6,9,14,16H2,1-2H3. The van der Waals surface area contributed by atoms with E-state index in [1.54, 1.807) is 11.8 Å². The molecule has 0 atom stereocenters. The number of thioether (sulfide) groups is 1. The van der Waals surface area contributed by atoms with E-state index < -0.39 is 0 Å². The maximum atomic E-state index is 12.7. The van der Waals surface area contributed by atoms with E-state index in [9.17, 15) is 4.79 Å². The minimum atomic E-state index is 0.202. The fraction of sp³-hybridized carbons (Fsp3) is 0.261. The first kappa shape index (κ1) is 19.8. The molecule has 0 aliphatic carbocycles. The number of Topliss-reactive ketones (excluding diaryl/α,β-unsaturated/α-hetero) is 1. The molecule has 0 spiro atoms. The van der Waals surface area contributed by atoms with Gasteiger partial charge in [0.15, 0.2) is 5.78 Å². The topological polar surface area (TPSA) is 22.0 Å². The fourth-order valence-corrected chi connectivity index (χ4v) is 4.26. The van der Waals surface area contributed by atoms with Crippen LogP contribution in [0.5, 0.6) is 0 Å². The van der Waals surface area contributed by atoms with Crippen molar-refractivity contribution in [3.05, 3.63) is 88.2 Å². The van der Waals surface area contributed by atoms with E-state index in [0.29, 0.717) is 10.8 Å². The van der Waals surface area contributed by atoms with Crippen LogP contribution in [0.2, 0.25) is 5.02 Å². The molecule has 0 N–H and O–H groups in total. The van der Waals surface area contributed by atoms with Crippen molar-refractivity contribution < 1.29 is 4.79 Å². The summed E-state index contributed by atoms with van der Waals surface area (Å²) < 4.78 is 2.11. The number of hydrogen-bond acceptors (Lipinski definition) is 2. The third-order valence-corrected chi connectivity index (χ3v) is 5.94. The molecule has 140 valence electrons. The second kappa shape index (κ2) is 9.29. The first-order chi connectivity index (χ1) is 13.1. The summed E-state index contributed by atoms with van der Waals surface area (Å²) in [6.45, 7) is 4.04. The number of hydrogen-bond donors (Lipinski definition) is 0. The number of aromatic nitrogens is 1. The lowest BCUT2D eigenvalue weighted by Crippen LogP contribution is -2.06.